The average molecular weight is 238 g/mol. The van der Waals surface area contributed by atoms with Crippen LogP contribution in [0.25, 0.3) is 0 Å². The van der Waals surface area contributed by atoms with Gasteiger partial charge in [0, 0.05) is 5.75 Å². The largest absolute Gasteiger partial charge is 0.392 e. The lowest BCUT2D eigenvalue weighted by atomic mass is 10.1. The van der Waals surface area contributed by atoms with Crippen LogP contribution < -0.4 is 0 Å². The van der Waals surface area contributed by atoms with E-state index in [9.17, 15) is 5.11 Å². The summed E-state index contributed by atoms with van der Waals surface area (Å²) in [6.07, 6.45) is 0.553. The molecule has 2 heteroatoms. The summed E-state index contributed by atoms with van der Waals surface area (Å²) in [4.78, 5) is 0. The molecule has 16 heavy (non-hydrogen) atoms. The van der Waals surface area contributed by atoms with Crippen molar-refractivity contribution in [2.45, 2.75) is 33.3 Å². The zero-order valence-electron chi connectivity index (χ0n) is 10.4. The molecule has 0 aliphatic heterocycles. The third kappa shape index (κ3) is 5.57. The normalized spacial score (nSPS) is 13.1. The van der Waals surface area contributed by atoms with E-state index in [-0.39, 0.29) is 6.10 Å². The van der Waals surface area contributed by atoms with Crippen LogP contribution in [0, 0.1) is 12.8 Å². The highest BCUT2D eigenvalue weighted by Crippen LogP contribution is 2.12. The molecule has 1 unspecified atom stereocenters. The SMILES string of the molecule is Cc1ccc(CC(O)CSCC(C)C)cc1. The van der Waals surface area contributed by atoms with Crippen LogP contribution >= 0.6 is 11.8 Å². The lowest BCUT2D eigenvalue weighted by Crippen LogP contribution is -2.14. The molecule has 1 atom stereocenters. The number of aryl methyl sites for hydroxylation is 1. The summed E-state index contributed by atoms with van der Waals surface area (Å²) < 4.78 is 0. The maximum atomic E-state index is 9.86. The third-order valence-electron chi connectivity index (χ3n) is 2.35. The Morgan fingerprint density at radius 1 is 1.12 bits per heavy atom. The van der Waals surface area contributed by atoms with Crippen LogP contribution in [0.1, 0.15) is 25.0 Å². The summed E-state index contributed by atoms with van der Waals surface area (Å²) in [5, 5.41) is 9.86. The highest BCUT2D eigenvalue weighted by atomic mass is 32.2. The molecular weight excluding hydrogens is 216 g/mol. The van der Waals surface area contributed by atoms with Crippen molar-refractivity contribution in [2.24, 2.45) is 5.92 Å². The molecule has 1 rings (SSSR count). The Kier molecular flexibility index (Phi) is 5.93. The lowest BCUT2D eigenvalue weighted by molar-refractivity contribution is 0.200. The molecule has 0 heterocycles. The average Bonchev–Trinajstić information content (AvgIpc) is 2.21. The summed E-state index contributed by atoms with van der Waals surface area (Å²) in [6, 6.07) is 8.41. The Morgan fingerprint density at radius 3 is 2.31 bits per heavy atom. The lowest BCUT2D eigenvalue weighted by Gasteiger charge is -2.11. The number of hydrogen-bond donors (Lipinski definition) is 1. The second-order valence-electron chi connectivity index (χ2n) is 4.77. The zero-order chi connectivity index (χ0) is 12.0. The van der Waals surface area contributed by atoms with Gasteiger partial charge in [-0.05, 0) is 30.6 Å². The highest BCUT2D eigenvalue weighted by Gasteiger charge is 2.06. The fraction of sp³-hybridized carbons (Fsp3) is 0.571. The summed E-state index contributed by atoms with van der Waals surface area (Å²) in [6.45, 7) is 6.50. The number of benzene rings is 1. The first-order chi connectivity index (χ1) is 7.58. The molecule has 0 bridgehead atoms. The maximum absolute atomic E-state index is 9.86. The minimum absolute atomic E-state index is 0.216. The van der Waals surface area contributed by atoms with Gasteiger partial charge >= 0.3 is 0 Å². The van der Waals surface area contributed by atoms with Gasteiger partial charge in [0.15, 0.2) is 0 Å². The van der Waals surface area contributed by atoms with Crippen molar-refractivity contribution in [1.29, 1.82) is 0 Å². The van der Waals surface area contributed by atoms with E-state index in [4.69, 9.17) is 0 Å². The van der Waals surface area contributed by atoms with E-state index in [2.05, 4.69) is 45.0 Å². The molecule has 0 fully saturated rings. The molecule has 1 nitrogen and oxygen atoms in total. The van der Waals surface area contributed by atoms with Crippen LogP contribution in [-0.4, -0.2) is 22.7 Å². The number of rotatable bonds is 6. The van der Waals surface area contributed by atoms with Gasteiger partial charge in [0.2, 0.25) is 0 Å². The van der Waals surface area contributed by atoms with Gasteiger partial charge in [0.05, 0.1) is 6.10 Å². The van der Waals surface area contributed by atoms with Crippen LogP contribution in [0.3, 0.4) is 0 Å². The van der Waals surface area contributed by atoms with Crippen molar-refractivity contribution in [3.63, 3.8) is 0 Å². The molecule has 0 aromatic heterocycles. The Balaban J connectivity index is 2.28. The Bertz CT molecular complexity index is 292. The molecule has 0 saturated carbocycles. The first-order valence-corrected chi connectivity index (χ1v) is 7.04. The molecule has 90 valence electrons. The summed E-state index contributed by atoms with van der Waals surface area (Å²) in [5.74, 6) is 2.67. The molecule has 0 saturated heterocycles. The fourth-order valence-corrected chi connectivity index (χ4v) is 2.49. The molecule has 1 aromatic rings. The van der Waals surface area contributed by atoms with Crippen molar-refractivity contribution < 1.29 is 5.11 Å². The Labute approximate surface area is 103 Å². The topological polar surface area (TPSA) is 20.2 Å². The quantitative estimate of drug-likeness (QED) is 0.820. The van der Waals surface area contributed by atoms with E-state index < -0.39 is 0 Å². The van der Waals surface area contributed by atoms with Crippen LogP contribution in [-0.2, 0) is 6.42 Å². The second kappa shape index (κ2) is 6.97. The maximum Gasteiger partial charge on any atom is 0.0670 e. The standard InChI is InChI=1S/C14H22OS/c1-11(2)9-16-10-14(15)8-13-6-4-12(3)5-7-13/h4-7,11,14-15H,8-10H2,1-3H3. The number of thioether (sulfide) groups is 1. The Hall–Kier alpha value is -0.470. The van der Waals surface area contributed by atoms with Gasteiger partial charge in [-0.15, -0.1) is 0 Å². The van der Waals surface area contributed by atoms with E-state index in [0.29, 0.717) is 5.92 Å². The van der Waals surface area contributed by atoms with Crippen molar-refractivity contribution in [3.8, 4) is 0 Å². The molecule has 0 aliphatic rings. The Morgan fingerprint density at radius 2 is 1.75 bits per heavy atom. The molecule has 1 N–H and O–H groups in total. The molecule has 0 radical (unpaired) electrons. The molecule has 1 aromatic carbocycles. The summed E-state index contributed by atoms with van der Waals surface area (Å²) >= 11 is 1.84. The fourth-order valence-electron chi connectivity index (χ4n) is 1.49. The molecule has 0 amide bonds. The minimum atomic E-state index is -0.216. The van der Waals surface area contributed by atoms with Crippen molar-refractivity contribution in [3.05, 3.63) is 35.4 Å². The smallest absolute Gasteiger partial charge is 0.0670 e. The summed E-state index contributed by atoms with van der Waals surface area (Å²) in [7, 11) is 0. The monoisotopic (exact) mass is 238 g/mol. The number of hydrogen-bond acceptors (Lipinski definition) is 2. The van der Waals surface area contributed by atoms with Crippen LogP contribution in [0.5, 0.6) is 0 Å². The first-order valence-electron chi connectivity index (χ1n) is 5.89. The van der Waals surface area contributed by atoms with Gasteiger partial charge < -0.3 is 5.11 Å². The van der Waals surface area contributed by atoms with Gasteiger partial charge in [-0.25, -0.2) is 0 Å². The van der Waals surface area contributed by atoms with Crippen molar-refractivity contribution >= 4 is 11.8 Å². The molecular formula is C14H22OS. The first kappa shape index (κ1) is 13.6. The van der Waals surface area contributed by atoms with E-state index in [1.807, 2.05) is 11.8 Å². The van der Waals surface area contributed by atoms with Gasteiger partial charge in [-0.2, -0.15) is 11.8 Å². The van der Waals surface area contributed by atoms with Crippen molar-refractivity contribution in [1.82, 2.24) is 0 Å². The second-order valence-corrected chi connectivity index (χ2v) is 5.85. The number of aliphatic hydroxyl groups excluding tert-OH is 1. The zero-order valence-corrected chi connectivity index (χ0v) is 11.3. The van der Waals surface area contributed by atoms with Crippen molar-refractivity contribution in [2.75, 3.05) is 11.5 Å². The molecule has 0 spiro atoms. The van der Waals surface area contributed by atoms with Crippen LogP contribution in [0.2, 0.25) is 0 Å². The summed E-state index contributed by atoms with van der Waals surface area (Å²) in [5.41, 5.74) is 2.50. The predicted molar refractivity (Wildman–Crippen MR) is 73.1 cm³/mol. The van der Waals surface area contributed by atoms with E-state index >= 15 is 0 Å². The van der Waals surface area contributed by atoms with Gasteiger partial charge in [-0.1, -0.05) is 43.7 Å². The van der Waals surface area contributed by atoms with Gasteiger partial charge in [0.1, 0.15) is 0 Å². The highest BCUT2D eigenvalue weighted by molar-refractivity contribution is 7.99. The van der Waals surface area contributed by atoms with Crippen LogP contribution in [0.4, 0.5) is 0 Å². The van der Waals surface area contributed by atoms with Gasteiger partial charge in [0.25, 0.3) is 0 Å². The molecule has 0 aliphatic carbocycles. The van der Waals surface area contributed by atoms with Crippen LogP contribution in [0.15, 0.2) is 24.3 Å². The minimum Gasteiger partial charge on any atom is -0.392 e. The predicted octanol–water partition coefficient (Wildman–Crippen LogP) is 3.29. The van der Waals surface area contributed by atoms with Gasteiger partial charge in [-0.3, -0.25) is 0 Å². The third-order valence-corrected chi connectivity index (χ3v) is 3.88. The van der Waals surface area contributed by atoms with E-state index in [1.165, 1.54) is 11.1 Å². The van der Waals surface area contributed by atoms with E-state index in [1.54, 1.807) is 0 Å². The number of aliphatic hydroxyl groups is 1. The van der Waals surface area contributed by atoms with E-state index in [0.717, 1.165) is 17.9 Å².